The lowest BCUT2D eigenvalue weighted by atomic mass is 10.2. The highest BCUT2D eigenvalue weighted by Gasteiger charge is 2.13. The van der Waals surface area contributed by atoms with Crippen molar-refractivity contribution in [2.45, 2.75) is 27.7 Å². The average Bonchev–Trinajstić information content (AvgIpc) is 2.79. The first-order chi connectivity index (χ1) is 10.5. The van der Waals surface area contributed by atoms with Crippen molar-refractivity contribution in [3.8, 4) is 11.5 Å². The molecule has 1 N–H and O–H groups in total. The van der Waals surface area contributed by atoms with Crippen LogP contribution >= 0.6 is 11.3 Å². The van der Waals surface area contributed by atoms with Gasteiger partial charge >= 0.3 is 0 Å². The molecular formula is C16H20N2O3S. The predicted octanol–water partition coefficient (Wildman–Crippen LogP) is 3.81. The summed E-state index contributed by atoms with van der Waals surface area (Å²) in [6, 6.07) is 5.16. The zero-order chi connectivity index (χ0) is 16.1. The Hall–Kier alpha value is -2.08. The minimum atomic E-state index is -0.210. The molecule has 0 aliphatic rings. The summed E-state index contributed by atoms with van der Waals surface area (Å²) in [5, 5.41) is 3.42. The molecule has 22 heavy (non-hydrogen) atoms. The number of aryl methyl sites for hydroxylation is 2. The maximum absolute atomic E-state index is 12.3. The molecule has 0 aliphatic heterocycles. The number of nitrogens with one attached hydrogen (secondary N) is 1. The SMILES string of the molecule is CCOc1ccc(C(=O)Nc2nc(C)c(C)s2)cc1OCC. The van der Waals surface area contributed by atoms with Crippen LogP contribution in [0, 0.1) is 13.8 Å². The Kier molecular flexibility index (Phi) is 5.38. The molecule has 0 saturated heterocycles. The van der Waals surface area contributed by atoms with Gasteiger partial charge in [-0.2, -0.15) is 0 Å². The molecule has 0 saturated carbocycles. The number of ether oxygens (including phenoxy) is 2. The number of rotatable bonds is 6. The van der Waals surface area contributed by atoms with E-state index in [1.165, 1.54) is 11.3 Å². The lowest BCUT2D eigenvalue weighted by Gasteiger charge is -2.12. The minimum Gasteiger partial charge on any atom is -0.490 e. The second-order valence-corrected chi connectivity index (χ2v) is 5.85. The molecule has 2 rings (SSSR count). The number of nitrogens with zero attached hydrogens (tertiary/aromatic N) is 1. The number of hydrogen-bond acceptors (Lipinski definition) is 5. The molecule has 1 amide bonds. The topological polar surface area (TPSA) is 60.5 Å². The maximum atomic E-state index is 12.3. The first-order valence-electron chi connectivity index (χ1n) is 7.20. The van der Waals surface area contributed by atoms with Gasteiger partial charge in [-0.1, -0.05) is 0 Å². The van der Waals surface area contributed by atoms with E-state index in [4.69, 9.17) is 9.47 Å². The fourth-order valence-corrected chi connectivity index (χ4v) is 2.70. The Bertz CT molecular complexity index is 648. The number of hydrogen-bond donors (Lipinski definition) is 1. The van der Waals surface area contributed by atoms with Gasteiger partial charge in [-0.05, 0) is 45.9 Å². The van der Waals surface area contributed by atoms with Crippen molar-refractivity contribution >= 4 is 22.4 Å². The molecular weight excluding hydrogens is 300 g/mol. The molecule has 1 aromatic heterocycles. The first kappa shape index (κ1) is 16.3. The first-order valence-corrected chi connectivity index (χ1v) is 8.01. The van der Waals surface area contributed by atoms with Crippen molar-refractivity contribution in [3.63, 3.8) is 0 Å². The second-order valence-electron chi connectivity index (χ2n) is 4.64. The largest absolute Gasteiger partial charge is 0.490 e. The van der Waals surface area contributed by atoms with Gasteiger partial charge in [0, 0.05) is 10.4 Å². The fraction of sp³-hybridized carbons (Fsp3) is 0.375. The van der Waals surface area contributed by atoms with E-state index >= 15 is 0 Å². The van der Waals surface area contributed by atoms with Crippen LogP contribution in [-0.4, -0.2) is 24.1 Å². The van der Waals surface area contributed by atoms with E-state index in [9.17, 15) is 4.79 Å². The molecule has 118 valence electrons. The van der Waals surface area contributed by atoms with Crippen molar-refractivity contribution in [1.29, 1.82) is 0 Å². The Labute approximate surface area is 134 Å². The van der Waals surface area contributed by atoms with Gasteiger partial charge in [-0.3, -0.25) is 10.1 Å². The molecule has 0 spiro atoms. The van der Waals surface area contributed by atoms with E-state index in [0.717, 1.165) is 10.6 Å². The van der Waals surface area contributed by atoms with E-state index in [1.807, 2.05) is 27.7 Å². The van der Waals surface area contributed by atoms with E-state index in [2.05, 4.69) is 10.3 Å². The third-order valence-electron chi connectivity index (χ3n) is 3.05. The van der Waals surface area contributed by atoms with Gasteiger partial charge in [0.1, 0.15) is 0 Å². The van der Waals surface area contributed by atoms with Gasteiger partial charge in [0.25, 0.3) is 5.91 Å². The molecule has 0 unspecified atom stereocenters. The zero-order valence-electron chi connectivity index (χ0n) is 13.2. The van der Waals surface area contributed by atoms with Crippen molar-refractivity contribution in [1.82, 2.24) is 4.98 Å². The number of benzene rings is 1. The van der Waals surface area contributed by atoms with Crippen LogP contribution in [0.15, 0.2) is 18.2 Å². The summed E-state index contributed by atoms with van der Waals surface area (Å²) in [7, 11) is 0. The lowest BCUT2D eigenvalue weighted by molar-refractivity contribution is 0.102. The molecule has 5 nitrogen and oxygen atoms in total. The van der Waals surface area contributed by atoms with Crippen LogP contribution in [0.25, 0.3) is 0 Å². The van der Waals surface area contributed by atoms with Crippen LogP contribution < -0.4 is 14.8 Å². The summed E-state index contributed by atoms with van der Waals surface area (Å²) in [5.41, 5.74) is 1.44. The normalized spacial score (nSPS) is 10.4. The molecule has 1 heterocycles. The van der Waals surface area contributed by atoms with Crippen molar-refractivity contribution in [3.05, 3.63) is 34.3 Å². The number of carbonyl (C=O) groups excluding carboxylic acids is 1. The number of thiazole rings is 1. The Morgan fingerprint density at radius 3 is 2.45 bits per heavy atom. The number of amides is 1. The van der Waals surface area contributed by atoms with Gasteiger partial charge in [0.2, 0.25) is 0 Å². The number of carbonyl (C=O) groups is 1. The average molecular weight is 320 g/mol. The summed E-state index contributed by atoms with van der Waals surface area (Å²) >= 11 is 1.46. The van der Waals surface area contributed by atoms with Gasteiger partial charge in [-0.25, -0.2) is 4.98 Å². The number of anilines is 1. The summed E-state index contributed by atoms with van der Waals surface area (Å²) in [6.45, 7) is 8.75. The predicted molar refractivity (Wildman–Crippen MR) is 88.3 cm³/mol. The molecule has 0 fully saturated rings. The quantitative estimate of drug-likeness (QED) is 0.879. The third-order valence-corrected chi connectivity index (χ3v) is 4.04. The van der Waals surface area contributed by atoms with Crippen LogP contribution in [0.2, 0.25) is 0 Å². The van der Waals surface area contributed by atoms with E-state index in [-0.39, 0.29) is 5.91 Å². The molecule has 0 radical (unpaired) electrons. The van der Waals surface area contributed by atoms with Crippen molar-refractivity contribution in [2.75, 3.05) is 18.5 Å². The summed E-state index contributed by atoms with van der Waals surface area (Å²) in [4.78, 5) is 17.7. The van der Waals surface area contributed by atoms with Crippen LogP contribution in [-0.2, 0) is 0 Å². The molecule has 2 aromatic rings. The minimum absolute atomic E-state index is 0.210. The van der Waals surface area contributed by atoms with Gasteiger partial charge < -0.3 is 9.47 Å². The van der Waals surface area contributed by atoms with Gasteiger partial charge in [0.05, 0.1) is 18.9 Å². The summed E-state index contributed by atoms with van der Waals surface area (Å²) in [6.07, 6.45) is 0. The fourth-order valence-electron chi connectivity index (χ4n) is 1.89. The Morgan fingerprint density at radius 1 is 1.18 bits per heavy atom. The van der Waals surface area contributed by atoms with E-state index in [0.29, 0.717) is 35.4 Å². The maximum Gasteiger partial charge on any atom is 0.257 e. The zero-order valence-corrected chi connectivity index (χ0v) is 14.0. The lowest BCUT2D eigenvalue weighted by Crippen LogP contribution is -2.12. The van der Waals surface area contributed by atoms with E-state index in [1.54, 1.807) is 18.2 Å². The molecule has 0 bridgehead atoms. The van der Waals surface area contributed by atoms with Gasteiger partial charge in [0.15, 0.2) is 16.6 Å². The highest BCUT2D eigenvalue weighted by molar-refractivity contribution is 7.15. The monoisotopic (exact) mass is 320 g/mol. The molecule has 1 aromatic carbocycles. The molecule has 0 aliphatic carbocycles. The number of aromatic nitrogens is 1. The molecule has 6 heteroatoms. The highest BCUT2D eigenvalue weighted by atomic mass is 32.1. The second kappa shape index (κ2) is 7.26. The standard InChI is InChI=1S/C16H20N2O3S/c1-5-20-13-8-7-12(9-14(13)21-6-2)15(19)18-16-17-10(3)11(4)22-16/h7-9H,5-6H2,1-4H3,(H,17,18,19). The van der Waals surface area contributed by atoms with Crippen molar-refractivity contribution in [2.24, 2.45) is 0 Å². The highest BCUT2D eigenvalue weighted by Crippen LogP contribution is 2.29. The summed E-state index contributed by atoms with van der Waals surface area (Å²) in [5.74, 6) is 1.00. The van der Waals surface area contributed by atoms with Crippen molar-refractivity contribution < 1.29 is 14.3 Å². The van der Waals surface area contributed by atoms with E-state index < -0.39 is 0 Å². The third kappa shape index (κ3) is 3.76. The Balaban J connectivity index is 2.20. The Morgan fingerprint density at radius 2 is 1.86 bits per heavy atom. The summed E-state index contributed by atoms with van der Waals surface area (Å²) < 4.78 is 11.0. The van der Waals surface area contributed by atoms with Crippen LogP contribution in [0.3, 0.4) is 0 Å². The van der Waals surface area contributed by atoms with Crippen LogP contribution in [0.5, 0.6) is 11.5 Å². The van der Waals surface area contributed by atoms with Crippen LogP contribution in [0.1, 0.15) is 34.8 Å². The van der Waals surface area contributed by atoms with Crippen LogP contribution in [0.4, 0.5) is 5.13 Å². The van der Waals surface area contributed by atoms with Gasteiger partial charge in [-0.15, -0.1) is 11.3 Å². The smallest absolute Gasteiger partial charge is 0.257 e. The molecule has 0 atom stereocenters.